The Labute approximate surface area is 59.3 Å². The Kier molecular flexibility index (Phi) is 2.20. The van der Waals surface area contributed by atoms with E-state index >= 15 is 0 Å². The van der Waals surface area contributed by atoms with Crippen molar-refractivity contribution in [1.82, 2.24) is 9.55 Å². The number of nitrogens with zero attached hydrogens (tertiary/aromatic N) is 2. The van der Waals surface area contributed by atoms with Crippen LogP contribution in [0, 0.1) is 0 Å². The summed E-state index contributed by atoms with van der Waals surface area (Å²) in [7, 11) is 0. The summed E-state index contributed by atoms with van der Waals surface area (Å²) in [6.07, 6.45) is 4.22. The van der Waals surface area contributed by atoms with Crippen LogP contribution in [0.1, 0.15) is 13.3 Å². The number of rotatable bonds is 2. The normalized spacial score (nSPS) is 9.70. The molecule has 0 aliphatic carbocycles. The van der Waals surface area contributed by atoms with Gasteiger partial charge in [-0.2, -0.15) is 0 Å². The van der Waals surface area contributed by atoms with Crippen molar-refractivity contribution in [3.05, 3.63) is 28.9 Å². The highest BCUT2D eigenvalue weighted by Gasteiger charge is 1.89. The van der Waals surface area contributed by atoms with Gasteiger partial charge in [0.15, 0.2) is 0 Å². The van der Waals surface area contributed by atoms with Crippen molar-refractivity contribution < 1.29 is 0 Å². The van der Waals surface area contributed by atoms with Gasteiger partial charge in [-0.15, -0.1) is 0 Å². The van der Waals surface area contributed by atoms with Crippen LogP contribution in [0.2, 0.25) is 0 Å². The third-order valence-electron chi connectivity index (χ3n) is 1.25. The smallest absolute Gasteiger partial charge is 0.299 e. The second kappa shape index (κ2) is 3.15. The number of aryl methyl sites for hydroxylation is 1. The van der Waals surface area contributed by atoms with Gasteiger partial charge in [0.05, 0.1) is 0 Å². The molecule has 0 atom stereocenters. The fourth-order valence-electron chi connectivity index (χ4n) is 0.798. The van der Waals surface area contributed by atoms with Crippen LogP contribution in [-0.2, 0) is 6.54 Å². The van der Waals surface area contributed by atoms with E-state index in [9.17, 15) is 4.79 Å². The first-order valence-electron chi connectivity index (χ1n) is 3.36. The Hall–Kier alpha value is -1.12. The molecule has 0 saturated carbocycles. The Morgan fingerprint density at radius 3 is 3.10 bits per heavy atom. The number of hydrogen-bond donors (Lipinski definition) is 0. The molecule has 1 aromatic heterocycles. The highest BCUT2D eigenvalue weighted by Crippen LogP contribution is 1.82. The van der Waals surface area contributed by atoms with E-state index in [2.05, 4.69) is 4.98 Å². The first kappa shape index (κ1) is 6.99. The van der Waals surface area contributed by atoms with Crippen LogP contribution in [0.25, 0.3) is 0 Å². The zero-order chi connectivity index (χ0) is 7.40. The number of hydrogen-bond acceptors (Lipinski definition) is 2. The molecule has 0 aromatic carbocycles. The molecule has 0 aliphatic heterocycles. The summed E-state index contributed by atoms with van der Waals surface area (Å²) in [6, 6.07) is 1.76. The molecule has 0 N–H and O–H groups in total. The van der Waals surface area contributed by atoms with E-state index in [4.69, 9.17) is 0 Å². The van der Waals surface area contributed by atoms with Gasteiger partial charge >= 0.3 is 5.69 Å². The first-order valence-corrected chi connectivity index (χ1v) is 3.36. The zero-order valence-corrected chi connectivity index (χ0v) is 5.95. The molecule has 1 rings (SSSR count). The Bertz CT molecular complexity index is 254. The second-order valence-corrected chi connectivity index (χ2v) is 2.10. The van der Waals surface area contributed by atoms with Gasteiger partial charge in [-0.05, 0) is 12.5 Å². The van der Waals surface area contributed by atoms with Crippen LogP contribution in [0.3, 0.4) is 0 Å². The zero-order valence-electron chi connectivity index (χ0n) is 5.95. The molecule has 3 nitrogen and oxygen atoms in total. The van der Waals surface area contributed by atoms with Crippen molar-refractivity contribution in [3.8, 4) is 0 Å². The van der Waals surface area contributed by atoms with Crippen molar-refractivity contribution in [2.75, 3.05) is 0 Å². The van der Waals surface area contributed by atoms with E-state index in [1.807, 2.05) is 6.92 Å². The number of aromatic nitrogens is 2. The van der Waals surface area contributed by atoms with Gasteiger partial charge < -0.3 is 0 Å². The fraction of sp³-hybridized carbons (Fsp3) is 0.429. The predicted molar refractivity (Wildman–Crippen MR) is 38.8 cm³/mol. The molecule has 0 radical (unpaired) electrons. The van der Waals surface area contributed by atoms with E-state index < -0.39 is 0 Å². The summed E-state index contributed by atoms with van der Waals surface area (Å²) in [5.74, 6) is 0. The van der Waals surface area contributed by atoms with E-state index in [0.717, 1.165) is 13.0 Å². The second-order valence-electron chi connectivity index (χ2n) is 2.10. The maximum Gasteiger partial charge on any atom is 0.347 e. The van der Waals surface area contributed by atoms with E-state index in [1.165, 1.54) is 6.20 Å². The van der Waals surface area contributed by atoms with Gasteiger partial charge in [0.1, 0.15) is 0 Å². The molecular weight excluding hydrogens is 128 g/mol. The molecule has 0 saturated heterocycles. The molecule has 10 heavy (non-hydrogen) atoms. The van der Waals surface area contributed by atoms with Crippen molar-refractivity contribution >= 4 is 0 Å². The lowest BCUT2D eigenvalue weighted by atomic mass is 10.5. The van der Waals surface area contributed by atoms with Crippen LogP contribution in [0.4, 0.5) is 0 Å². The lowest BCUT2D eigenvalue weighted by Gasteiger charge is -1.98. The monoisotopic (exact) mass is 138 g/mol. The third-order valence-corrected chi connectivity index (χ3v) is 1.25. The van der Waals surface area contributed by atoms with Gasteiger partial charge in [0.2, 0.25) is 0 Å². The molecule has 0 bridgehead atoms. The van der Waals surface area contributed by atoms with Gasteiger partial charge in [0, 0.05) is 18.9 Å². The minimum Gasteiger partial charge on any atom is -0.299 e. The molecule has 1 heterocycles. The first-order chi connectivity index (χ1) is 4.84. The Morgan fingerprint density at radius 2 is 2.50 bits per heavy atom. The minimum absolute atomic E-state index is 0.163. The maximum absolute atomic E-state index is 10.9. The molecule has 0 spiro atoms. The largest absolute Gasteiger partial charge is 0.347 e. The maximum atomic E-state index is 10.9. The SMILES string of the molecule is CCCn1cccnc1=O. The third kappa shape index (κ3) is 1.43. The van der Waals surface area contributed by atoms with Crippen molar-refractivity contribution in [3.63, 3.8) is 0 Å². The lowest BCUT2D eigenvalue weighted by Crippen LogP contribution is -2.20. The fourth-order valence-corrected chi connectivity index (χ4v) is 0.798. The summed E-state index contributed by atoms with van der Waals surface area (Å²) in [6.45, 7) is 2.78. The summed E-state index contributed by atoms with van der Waals surface area (Å²) < 4.78 is 1.60. The van der Waals surface area contributed by atoms with Gasteiger partial charge in [0.25, 0.3) is 0 Å². The topological polar surface area (TPSA) is 34.9 Å². The Balaban J connectivity index is 2.92. The van der Waals surface area contributed by atoms with Crippen molar-refractivity contribution in [2.24, 2.45) is 0 Å². The average molecular weight is 138 g/mol. The summed E-state index contributed by atoms with van der Waals surface area (Å²) in [5, 5.41) is 0. The Morgan fingerprint density at radius 1 is 1.70 bits per heavy atom. The molecule has 3 heteroatoms. The highest BCUT2D eigenvalue weighted by atomic mass is 16.1. The van der Waals surface area contributed by atoms with E-state index in [1.54, 1.807) is 16.8 Å². The molecule has 0 amide bonds. The summed E-state index contributed by atoms with van der Waals surface area (Å²) in [5.41, 5.74) is -0.163. The minimum atomic E-state index is -0.163. The van der Waals surface area contributed by atoms with Crippen LogP contribution >= 0.6 is 0 Å². The standard InChI is InChI=1S/C7H10N2O/c1-2-5-9-6-3-4-8-7(9)10/h3-4,6H,2,5H2,1H3. The average Bonchev–Trinajstić information content (AvgIpc) is 1.94. The molecule has 0 unspecified atom stereocenters. The molecule has 1 aromatic rings. The molecule has 0 fully saturated rings. The highest BCUT2D eigenvalue weighted by molar-refractivity contribution is 4.80. The predicted octanol–water partition coefficient (Wildman–Crippen LogP) is 0.653. The van der Waals surface area contributed by atoms with Gasteiger partial charge in [-0.25, -0.2) is 9.78 Å². The van der Waals surface area contributed by atoms with Gasteiger partial charge in [-0.3, -0.25) is 4.57 Å². The molecular formula is C7H10N2O. The quantitative estimate of drug-likeness (QED) is 0.601. The molecule has 0 aliphatic rings. The van der Waals surface area contributed by atoms with Gasteiger partial charge in [-0.1, -0.05) is 6.92 Å². The lowest BCUT2D eigenvalue weighted by molar-refractivity contribution is 0.635. The van der Waals surface area contributed by atoms with Crippen molar-refractivity contribution in [2.45, 2.75) is 19.9 Å². The van der Waals surface area contributed by atoms with Crippen molar-refractivity contribution in [1.29, 1.82) is 0 Å². The van der Waals surface area contributed by atoms with Crippen LogP contribution in [0.5, 0.6) is 0 Å². The summed E-state index contributed by atoms with van der Waals surface area (Å²) in [4.78, 5) is 14.5. The molecule has 54 valence electrons. The van der Waals surface area contributed by atoms with E-state index in [-0.39, 0.29) is 5.69 Å². The summed E-state index contributed by atoms with van der Waals surface area (Å²) >= 11 is 0. The van der Waals surface area contributed by atoms with Crippen LogP contribution < -0.4 is 5.69 Å². The van der Waals surface area contributed by atoms with Crippen LogP contribution in [0.15, 0.2) is 23.3 Å². The van der Waals surface area contributed by atoms with E-state index in [0.29, 0.717) is 0 Å². The van der Waals surface area contributed by atoms with Crippen LogP contribution in [-0.4, -0.2) is 9.55 Å².